The van der Waals surface area contributed by atoms with E-state index in [-0.39, 0.29) is 16.9 Å². The van der Waals surface area contributed by atoms with Gasteiger partial charge in [0, 0.05) is 23.1 Å². The van der Waals surface area contributed by atoms with Crippen molar-refractivity contribution in [3.05, 3.63) is 57.5 Å². The summed E-state index contributed by atoms with van der Waals surface area (Å²) in [4.78, 5) is 18.6. The van der Waals surface area contributed by atoms with Gasteiger partial charge in [-0.25, -0.2) is 4.98 Å². The Kier molecular flexibility index (Phi) is 3.16. The molecule has 0 radical (unpaired) electrons. The molecule has 0 aliphatic heterocycles. The monoisotopic (exact) mass is 273 g/mol. The molecule has 2 unspecified atom stereocenters. The number of hydrogen-bond donors (Lipinski definition) is 2. The summed E-state index contributed by atoms with van der Waals surface area (Å²) in [5, 5.41) is 0.876. The van der Waals surface area contributed by atoms with Gasteiger partial charge in [0.1, 0.15) is 0 Å². The first kappa shape index (κ1) is 12.4. The third-order valence-electron chi connectivity index (χ3n) is 3.35. The van der Waals surface area contributed by atoms with Crippen molar-refractivity contribution in [2.45, 2.75) is 29.8 Å². The molecule has 3 N–H and O–H groups in total. The second kappa shape index (κ2) is 4.83. The molecule has 4 nitrogen and oxygen atoms in total. The fourth-order valence-electron chi connectivity index (χ4n) is 2.46. The predicted octanol–water partition coefficient (Wildman–Crippen LogP) is 1.80. The van der Waals surface area contributed by atoms with Crippen molar-refractivity contribution >= 4 is 11.8 Å². The summed E-state index contributed by atoms with van der Waals surface area (Å²) < 4.78 is 0. The number of nitrogens with one attached hydrogen (secondary N) is 1. The normalized spacial score (nSPS) is 21.4. The Hall–Kier alpha value is -1.59. The number of benzene rings is 1. The van der Waals surface area contributed by atoms with Crippen LogP contribution in [0.3, 0.4) is 0 Å². The maximum absolute atomic E-state index is 11.4. The van der Waals surface area contributed by atoms with Crippen molar-refractivity contribution in [2.75, 3.05) is 0 Å². The summed E-state index contributed by atoms with van der Waals surface area (Å²) in [7, 11) is 0. The zero-order valence-corrected chi connectivity index (χ0v) is 11.4. The van der Waals surface area contributed by atoms with Crippen LogP contribution in [0, 0.1) is 6.92 Å². The molecule has 0 spiro atoms. The Morgan fingerprint density at radius 1 is 1.42 bits per heavy atom. The Balaban J connectivity index is 1.84. The second-order valence-electron chi connectivity index (χ2n) is 4.78. The van der Waals surface area contributed by atoms with E-state index in [1.807, 2.05) is 19.1 Å². The van der Waals surface area contributed by atoms with Gasteiger partial charge in [0.2, 0.25) is 0 Å². The molecule has 5 heteroatoms. The predicted molar refractivity (Wildman–Crippen MR) is 76.3 cm³/mol. The minimum absolute atomic E-state index is 0.00739. The van der Waals surface area contributed by atoms with E-state index in [0.29, 0.717) is 5.16 Å². The van der Waals surface area contributed by atoms with Crippen LogP contribution in [-0.4, -0.2) is 15.2 Å². The molecule has 0 fully saturated rings. The van der Waals surface area contributed by atoms with E-state index in [1.54, 1.807) is 11.8 Å². The molecule has 1 heterocycles. The van der Waals surface area contributed by atoms with Gasteiger partial charge in [0.15, 0.2) is 5.16 Å². The van der Waals surface area contributed by atoms with Gasteiger partial charge in [0.05, 0.1) is 0 Å². The first-order valence-corrected chi connectivity index (χ1v) is 7.09. The molecule has 0 amide bonds. The maximum atomic E-state index is 11.4. The number of aromatic nitrogens is 2. The van der Waals surface area contributed by atoms with Crippen molar-refractivity contribution in [3.8, 4) is 0 Å². The highest BCUT2D eigenvalue weighted by atomic mass is 32.2. The number of nitrogens with zero attached hydrogens (tertiary/aromatic N) is 1. The first-order chi connectivity index (χ1) is 9.13. The number of hydrogen-bond acceptors (Lipinski definition) is 4. The number of rotatable bonds is 2. The minimum atomic E-state index is -0.112. The lowest BCUT2D eigenvalue weighted by atomic mass is 10.1. The summed E-state index contributed by atoms with van der Waals surface area (Å²) in [5.41, 5.74) is 9.39. The summed E-state index contributed by atoms with van der Waals surface area (Å²) >= 11 is 1.55. The second-order valence-corrected chi connectivity index (χ2v) is 6.00. The summed E-state index contributed by atoms with van der Waals surface area (Å²) in [6.07, 6.45) is 0.916. The average molecular weight is 273 g/mol. The lowest BCUT2D eigenvalue weighted by molar-refractivity contribution is 0.726. The van der Waals surface area contributed by atoms with Crippen LogP contribution in [-0.2, 0) is 6.42 Å². The SMILES string of the molecule is Cc1cc(=O)[nH]c(SC2Cc3ccccc3C2N)n1. The molecule has 2 aromatic rings. The van der Waals surface area contributed by atoms with Crippen molar-refractivity contribution < 1.29 is 0 Å². The third kappa shape index (κ3) is 2.43. The van der Waals surface area contributed by atoms with Gasteiger partial charge in [0.25, 0.3) is 5.56 Å². The Bertz CT molecular complexity index is 668. The molecule has 19 heavy (non-hydrogen) atoms. The number of aromatic amines is 1. The zero-order valence-electron chi connectivity index (χ0n) is 10.6. The van der Waals surface area contributed by atoms with E-state index in [0.717, 1.165) is 12.1 Å². The van der Waals surface area contributed by atoms with Crippen molar-refractivity contribution in [1.82, 2.24) is 9.97 Å². The van der Waals surface area contributed by atoms with E-state index in [9.17, 15) is 4.79 Å². The summed E-state index contributed by atoms with van der Waals surface area (Å²) in [6, 6.07) is 9.72. The molecule has 98 valence electrons. The van der Waals surface area contributed by atoms with Gasteiger partial charge < -0.3 is 10.7 Å². The summed E-state index contributed by atoms with van der Waals surface area (Å²) in [6.45, 7) is 1.82. The topological polar surface area (TPSA) is 71.8 Å². The van der Waals surface area contributed by atoms with Crippen LogP contribution in [0.5, 0.6) is 0 Å². The number of fused-ring (bicyclic) bond motifs is 1. The van der Waals surface area contributed by atoms with Gasteiger partial charge >= 0.3 is 0 Å². The van der Waals surface area contributed by atoms with Crippen LogP contribution in [0.15, 0.2) is 40.3 Å². The third-order valence-corrected chi connectivity index (χ3v) is 4.53. The quantitative estimate of drug-likeness (QED) is 0.818. The Labute approximate surface area is 115 Å². The van der Waals surface area contributed by atoms with Gasteiger partial charge in [-0.2, -0.15) is 0 Å². The lowest BCUT2D eigenvalue weighted by Crippen LogP contribution is -2.20. The van der Waals surface area contributed by atoms with Crippen LogP contribution >= 0.6 is 11.8 Å². The van der Waals surface area contributed by atoms with E-state index >= 15 is 0 Å². The molecule has 1 aliphatic rings. The molecule has 0 bridgehead atoms. The van der Waals surface area contributed by atoms with Gasteiger partial charge in [-0.15, -0.1) is 0 Å². The molecule has 2 atom stereocenters. The number of nitrogens with two attached hydrogens (primary N) is 1. The zero-order chi connectivity index (χ0) is 13.4. The van der Waals surface area contributed by atoms with E-state index in [2.05, 4.69) is 22.1 Å². The molecule has 0 saturated heterocycles. The average Bonchev–Trinajstić information content (AvgIpc) is 2.66. The van der Waals surface area contributed by atoms with Gasteiger partial charge in [-0.05, 0) is 24.5 Å². The molecule has 1 aromatic carbocycles. The first-order valence-electron chi connectivity index (χ1n) is 6.21. The van der Waals surface area contributed by atoms with Crippen LogP contribution in [0.2, 0.25) is 0 Å². The lowest BCUT2D eigenvalue weighted by Gasteiger charge is -2.14. The minimum Gasteiger partial charge on any atom is -0.323 e. The largest absolute Gasteiger partial charge is 0.323 e. The van der Waals surface area contributed by atoms with Crippen LogP contribution in [0.1, 0.15) is 22.9 Å². The number of thioether (sulfide) groups is 1. The Morgan fingerprint density at radius 2 is 2.21 bits per heavy atom. The van der Waals surface area contributed by atoms with E-state index in [1.165, 1.54) is 17.2 Å². The highest BCUT2D eigenvalue weighted by molar-refractivity contribution is 7.99. The molecular weight excluding hydrogens is 258 g/mol. The maximum Gasteiger partial charge on any atom is 0.251 e. The van der Waals surface area contributed by atoms with Crippen LogP contribution < -0.4 is 11.3 Å². The standard InChI is InChI=1S/C14H15N3OS/c1-8-6-12(18)17-14(16-8)19-11-7-9-4-2-3-5-10(9)13(11)15/h2-6,11,13H,7,15H2,1H3,(H,16,17,18). The highest BCUT2D eigenvalue weighted by Crippen LogP contribution is 2.38. The van der Waals surface area contributed by atoms with Crippen molar-refractivity contribution in [1.29, 1.82) is 0 Å². The smallest absolute Gasteiger partial charge is 0.251 e. The number of H-pyrrole nitrogens is 1. The van der Waals surface area contributed by atoms with Crippen molar-refractivity contribution in [3.63, 3.8) is 0 Å². The van der Waals surface area contributed by atoms with Crippen LogP contribution in [0.4, 0.5) is 0 Å². The van der Waals surface area contributed by atoms with Crippen molar-refractivity contribution in [2.24, 2.45) is 5.73 Å². The fourth-order valence-corrected chi connectivity index (χ4v) is 3.65. The molecule has 1 aliphatic carbocycles. The highest BCUT2D eigenvalue weighted by Gasteiger charge is 2.30. The molecule has 1 aromatic heterocycles. The fraction of sp³-hybridized carbons (Fsp3) is 0.286. The van der Waals surface area contributed by atoms with Gasteiger partial charge in [-0.3, -0.25) is 4.79 Å². The molecular formula is C14H15N3OS. The van der Waals surface area contributed by atoms with Crippen LogP contribution in [0.25, 0.3) is 0 Å². The number of aryl methyl sites for hydroxylation is 1. The van der Waals surface area contributed by atoms with E-state index in [4.69, 9.17) is 5.73 Å². The van der Waals surface area contributed by atoms with E-state index < -0.39 is 0 Å². The Morgan fingerprint density at radius 3 is 2.95 bits per heavy atom. The van der Waals surface area contributed by atoms with Gasteiger partial charge in [-0.1, -0.05) is 36.0 Å². The molecule has 0 saturated carbocycles. The molecule has 3 rings (SSSR count). The summed E-state index contributed by atoms with van der Waals surface area (Å²) in [5.74, 6) is 0.